The molecule has 2 aromatic rings. The van der Waals surface area contributed by atoms with E-state index in [9.17, 15) is 9.18 Å². The number of amides is 1. The molecule has 2 aromatic carbocycles. The number of anilines is 2. The van der Waals surface area contributed by atoms with Crippen LogP contribution in [0.15, 0.2) is 36.4 Å². The van der Waals surface area contributed by atoms with Gasteiger partial charge in [-0.3, -0.25) is 4.79 Å². The molecule has 0 fully saturated rings. The number of fused-ring (bicyclic) bond motifs is 1. The summed E-state index contributed by atoms with van der Waals surface area (Å²) in [5.74, 6) is -0.559. The van der Waals surface area contributed by atoms with Gasteiger partial charge in [0.25, 0.3) is 5.91 Å². The van der Waals surface area contributed by atoms with E-state index < -0.39 is 0 Å². The second-order valence-electron chi connectivity index (χ2n) is 5.63. The molecule has 1 heterocycles. The highest BCUT2D eigenvalue weighted by molar-refractivity contribution is 6.08. The third-order valence-corrected chi connectivity index (χ3v) is 3.83. The molecule has 0 saturated carbocycles. The Balaban J connectivity index is 2.02. The lowest BCUT2D eigenvalue weighted by Crippen LogP contribution is -2.35. The number of carbonyl (C=O) groups is 1. The molecule has 0 aliphatic carbocycles. The van der Waals surface area contributed by atoms with Crippen LogP contribution in [0.3, 0.4) is 0 Å². The predicted octanol–water partition coefficient (Wildman–Crippen LogP) is 3.31. The van der Waals surface area contributed by atoms with Crippen molar-refractivity contribution < 1.29 is 9.18 Å². The quantitative estimate of drug-likeness (QED) is 0.817. The van der Waals surface area contributed by atoms with Gasteiger partial charge >= 0.3 is 0 Å². The Morgan fingerprint density at radius 2 is 2.05 bits per heavy atom. The van der Waals surface area contributed by atoms with Gasteiger partial charge in [0.05, 0.1) is 0 Å². The Bertz CT molecular complexity index is 706. The lowest BCUT2D eigenvalue weighted by atomic mass is 10.1. The van der Waals surface area contributed by atoms with Crippen LogP contribution in [0.1, 0.15) is 28.4 Å². The Hall–Kier alpha value is -2.36. The fraction of sp³-hybridized carbons (Fsp3) is 0.235. The first kappa shape index (κ1) is 13.6. The minimum atomic E-state index is -0.386. The molecule has 1 atom stereocenters. The molecule has 0 spiro atoms. The van der Waals surface area contributed by atoms with Crippen LogP contribution in [0.2, 0.25) is 0 Å². The number of nitrogens with two attached hydrogens (primary N) is 1. The number of halogens is 1. The highest BCUT2D eigenvalue weighted by Gasteiger charge is 2.31. The van der Waals surface area contributed by atoms with Crippen molar-refractivity contribution in [1.29, 1.82) is 0 Å². The van der Waals surface area contributed by atoms with Crippen LogP contribution in [0.5, 0.6) is 0 Å². The van der Waals surface area contributed by atoms with Gasteiger partial charge in [-0.15, -0.1) is 0 Å². The van der Waals surface area contributed by atoms with E-state index in [1.807, 2.05) is 19.1 Å². The van der Waals surface area contributed by atoms with E-state index in [-0.39, 0.29) is 17.8 Å². The van der Waals surface area contributed by atoms with Crippen LogP contribution < -0.4 is 10.6 Å². The van der Waals surface area contributed by atoms with Gasteiger partial charge in [0.15, 0.2) is 0 Å². The normalized spacial score (nSPS) is 16.9. The summed E-state index contributed by atoms with van der Waals surface area (Å²) in [6, 6.07) is 10.0. The molecule has 0 aromatic heterocycles. The molecule has 2 N–H and O–H groups in total. The summed E-state index contributed by atoms with van der Waals surface area (Å²) in [6.07, 6.45) is 0.764. The van der Waals surface area contributed by atoms with Crippen molar-refractivity contribution in [3.63, 3.8) is 0 Å². The average molecular weight is 284 g/mol. The van der Waals surface area contributed by atoms with Gasteiger partial charge in [-0.1, -0.05) is 0 Å². The van der Waals surface area contributed by atoms with Crippen LogP contribution in [-0.2, 0) is 6.42 Å². The lowest BCUT2D eigenvalue weighted by Gasteiger charge is -2.23. The topological polar surface area (TPSA) is 46.3 Å². The number of hydrogen-bond donors (Lipinski definition) is 1. The summed E-state index contributed by atoms with van der Waals surface area (Å²) in [6.45, 7) is 3.77. The van der Waals surface area contributed by atoms with Gasteiger partial charge in [-0.2, -0.15) is 0 Å². The number of benzene rings is 2. The molecule has 0 radical (unpaired) electrons. The molecule has 0 bridgehead atoms. The first-order chi connectivity index (χ1) is 9.95. The van der Waals surface area contributed by atoms with Gasteiger partial charge < -0.3 is 10.6 Å². The van der Waals surface area contributed by atoms with Gasteiger partial charge in [0, 0.05) is 23.0 Å². The maximum Gasteiger partial charge on any atom is 0.258 e. The molecule has 3 rings (SSSR count). The van der Waals surface area contributed by atoms with Gasteiger partial charge in [-0.05, 0) is 67.8 Å². The summed E-state index contributed by atoms with van der Waals surface area (Å²) in [7, 11) is 0. The third-order valence-electron chi connectivity index (χ3n) is 3.83. The second-order valence-corrected chi connectivity index (χ2v) is 5.63. The third kappa shape index (κ3) is 2.37. The fourth-order valence-corrected chi connectivity index (χ4v) is 2.96. The number of nitrogens with zero attached hydrogens (tertiary/aromatic N) is 1. The smallest absolute Gasteiger partial charge is 0.258 e. The Kier molecular flexibility index (Phi) is 3.16. The zero-order valence-electron chi connectivity index (χ0n) is 12.1. The van der Waals surface area contributed by atoms with Gasteiger partial charge in [0.1, 0.15) is 5.82 Å². The standard InChI is InChI=1S/C17H17FN2O/c1-10-5-13(8-14(18)6-10)17(21)20-11(2)7-12-9-15(19)3-4-16(12)20/h3-6,8-9,11H,7,19H2,1-2H3. The number of carbonyl (C=O) groups excluding carboxylic acids is 1. The van der Waals surface area contributed by atoms with E-state index in [0.29, 0.717) is 11.3 Å². The molecule has 108 valence electrons. The largest absolute Gasteiger partial charge is 0.399 e. The predicted molar refractivity (Wildman–Crippen MR) is 82.0 cm³/mol. The molecular formula is C17H17FN2O. The van der Waals surface area contributed by atoms with E-state index in [2.05, 4.69) is 0 Å². The van der Waals surface area contributed by atoms with Crippen molar-refractivity contribution in [1.82, 2.24) is 0 Å². The zero-order chi connectivity index (χ0) is 15.1. The Morgan fingerprint density at radius 3 is 2.76 bits per heavy atom. The van der Waals surface area contributed by atoms with Crippen molar-refractivity contribution in [2.45, 2.75) is 26.3 Å². The van der Waals surface area contributed by atoms with E-state index in [4.69, 9.17) is 5.73 Å². The maximum atomic E-state index is 13.5. The monoisotopic (exact) mass is 284 g/mol. The first-order valence-electron chi connectivity index (χ1n) is 6.95. The second kappa shape index (κ2) is 4.88. The molecule has 1 amide bonds. The molecule has 21 heavy (non-hydrogen) atoms. The molecule has 1 aliphatic heterocycles. The number of aryl methyl sites for hydroxylation is 1. The Labute approximate surface area is 123 Å². The number of nitrogen functional groups attached to an aromatic ring is 1. The summed E-state index contributed by atoms with van der Waals surface area (Å²) < 4.78 is 13.5. The zero-order valence-corrected chi connectivity index (χ0v) is 12.1. The summed E-state index contributed by atoms with van der Waals surface area (Å²) in [4.78, 5) is 14.5. The highest BCUT2D eigenvalue weighted by Crippen LogP contribution is 2.34. The van der Waals surface area contributed by atoms with Crippen molar-refractivity contribution in [2.24, 2.45) is 0 Å². The molecular weight excluding hydrogens is 267 g/mol. The number of rotatable bonds is 1. The van der Waals surface area contributed by atoms with E-state index in [0.717, 1.165) is 23.2 Å². The van der Waals surface area contributed by atoms with Gasteiger partial charge in [0.2, 0.25) is 0 Å². The Morgan fingerprint density at radius 1 is 1.29 bits per heavy atom. The average Bonchev–Trinajstić information content (AvgIpc) is 2.71. The van der Waals surface area contributed by atoms with Gasteiger partial charge in [-0.25, -0.2) is 4.39 Å². The number of hydrogen-bond acceptors (Lipinski definition) is 2. The van der Waals surface area contributed by atoms with E-state index >= 15 is 0 Å². The molecule has 4 heteroatoms. The maximum absolute atomic E-state index is 13.5. The first-order valence-corrected chi connectivity index (χ1v) is 6.95. The fourth-order valence-electron chi connectivity index (χ4n) is 2.96. The molecule has 0 saturated heterocycles. The highest BCUT2D eigenvalue weighted by atomic mass is 19.1. The van der Waals surface area contributed by atoms with Crippen LogP contribution in [0, 0.1) is 12.7 Å². The minimum Gasteiger partial charge on any atom is -0.399 e. The summed E-state index contributed by atoms with van der Waals surface area (Å²) >= 11 is 0. The molecule has 3 nitrogen and oxygen atoms in total. The van der Waals surface area contributed by atoms with Crippen LogP contribution in [-0.4, -0.2) is 11.9 Å². The minimum absolute atomic E-state index is 0.0397. The molecule has 1 unspecified atom stereocenters. The van der Waals surface area contributed by atoms with Crippen molar-refractivity contribution in [2.75, 3.05) is 10.6 Å². The summed E-state index contributed by atoms with van der Waals surface area (Å²) in [5, 5.41) is 0. The van der Waals surface area contributed by atoms with Crippen molar-refractivity contribution >= 4 is 17.3 Å². The van der Waals surface area contributed by atoms with Crippen LogP contribution >= 0.6 is 0 Å². The van der Waals surface area contributed by atoms with Crippen LogP contribution in [0.25, 0.3) is 0 Å². The lowest BCUT2D eigenvalue weighted by molar-refractivity contribution is 0.0981. The van der Waals surface area contributed by atoms with Crippen molar-refractivity contribution in [3.8, 4) is 0 Å². The van der Waals surface area contributed by atoms with Crippen LogP contribution in [0.4, 0.5) is 15.8 Å². The van der Waals surface area contributed by atoms with E-state index in [1.165, 1.54) is 12.1 Å². The van der Waals surface area contributed by atoms with E-state index in [1.54, 1.807) is 24.0 Å². The molecule has 1 aliphatic rings. The summed E-state index contributed by atoms with van der Waals surface area (Å²) in [5.41, 5.74) is 9.53. The van der Waals surface area contributed by atoms with Crippen molar-refractivity contribution in [3.05, 3.63) is 58.9 Å². The SMILES string of the molecule is Cc1cc(F)cc(C(=O)N2c3ccc(N)cc3CC2C)c1.